The van der Waals surface area contributed by atoms with Crippen molar-refractivity contribution in [3.63, 3.8) is 0 Å². The van der Waals surface area contributed by atoms with E-state index < -0.39 is 0 Å². The highest BCUT2D eigenvalue weighted by atomic mass is 19.1. The summed E-state index contributed by atoms with van der Waals surface area (Å²) in [5.74, 6) is -0.114. The first-order chi connectivity index (χ1) is 6.11. The van der Waals surface area contributed by atoms with Gasteiger partial charge in [-0.05, 0) is 30.9 Å². The van der Waals surface area contributed by atoms with E-state index in [1.54, 1.807) is 19.1 Å². The Morgan fingerprint density at radius 2 is 1.92 bits per heavy atom. The summed E-state index contributed by atoms with van der Waals surface area (Å²) in [5, 5.41) is 9.15. The molecule has 2 atom stereocenters. The maximum absolute atomic E-state index is 13.2. The van der Waals surface area contributed by atoms with Crippen LogP contribution in [-0.4, -0.2) is 11.2 Å². The van der Waals surface area contributed by atoms with Crippen LogP contribution in [0.15, 0.2) is 24.3 Å². The van der Waals surface area contributed by atoms with E-state index in [0.717, 1.165) is 0 Å². The fraction of sp³-hybridized carbons (Fsp3) is 0.455. The fourth-order valence-electron chi connectivity index (χ4n) is 1.51. The molecular formula is C11H15FO. The summed E-state index contributed by atoms with van der Waals surface area (Å²) >= 11 is 0. The van der Waals surface area contributed by atoms with Gasteiger partial charge in [-0.15, -0.1) is 0 Å². The van der Waals surface area contributed by atoms with Gasteiger partial charge >= 0.3 is 0 Å². The van der Waals surface area contributed by atoms with Crippen molar-refractivity contribution in [1.29, 1.82) is 0 Å². The van der Waals surface area contributed by atoms with Gasteiger partial charge in [-0.3, -0.25) is 0 Å². The summed E-state index contributed by atoms with van der Waals surface area (Å²) in [6, 6.07) is 6.71. The normalized spacial score (nSPS) is 15.4. The molecule has 0 amide bonds. The van der Waals surface area contributed by atoms with Crippen molar-refractivity contribution in [3.05, 3.63) is 35.6 Å². The highest BCUT2D eigenvalue weighted by molar-refractivity contribution is 5.21. The Bertz CT molecular complexity index is 271. The highest BCUT2D eigenvalue weighted by Gasteiger charge is 2.11. The van der Waals surface area contributed by atoms with Gasteiger partial charge in [-0.1, -0.05) is 25.1 Å². The standard InChI is InChI=1S/C11H15FO/c1-8(7-9(2)13)10-5-3-4-6-11(10)12/h3-6,8-9,13H,7H2,1-2H3. The molecule has 1 aromatic carbocycles. The molecule has 2 heteroatoms. The Balaban J connectivity index is 2.76. The Labute approximate surface area is 78.2 Å². The highest BCUT2D eigenvalue weighted by Crippen LogP contribution is 2.22. The number of benzene rings is 1. The summed E-state index contributed by atoms with van der Waals surface area (Å²) in [6.45, 7) is 3.64. The smallest absolute Gasteiger partial charge is 0.126 e. The second-order valence-electron chi connectivity index (χ2n) is 3.51. The average molecular weight is 182 g/mol. The molecule has 1 nitrogen and oxygen atoms in total. The molecule has 0 saturated carbocycles. The summed E-state index contributed by atoms with van der Waals surface area (Å²) in [4.78, 5) is 0. The minimum Gasteiger partial charge on any atom is -0.393 e. The zero-order chi connectivity index (χ0) is 9.84. The Hall–Kier alpha value is -0.890. The zero-order valence-electron chi connectivity index (χ0n) is 8.00. The van der Waals surface area contributed by atoms with E-state index in [-0.39, 0.29) is 17.8 Å². The van der Waals surface area contributed by atoms with Gasteiger partial charge in [0.1, 0.15) is 5.82 Å². The second-order valence-corrected chi connectivity index (χ2v) is 3.51. The van der Waals surface area contributed by atoms with Crippen LogP contribution >= 0.6 is 0 Å². The van der Waals surface area contributed by atoms with E-state index in [4.69, 9.17) is 5.11 Å². The molecule has 0 aliphatic heterocycles. The lowest BCUT2D eigenvalue weighted by Crippen LogP contribution is -2.07. The molecule has 2 unspecified atom stereocenters. The van der Waals surface area contributed by atoms with Gasteiger partial charge in [-0.25, -0.2) is 4.39 Å². The van der Waals surface area contributed by atoms with Gasteiger partial charge in [0.05, 0.1) is 6.10 Å². The lowest BCUT2D eigenvalue weighted by molar-refractivity contribution is 0.176. The summed E-state index contributed by atoms with van der Waals surface area (Å²) in [5.41, 5.74) is 0.684. The maximum Gasteiger partial charge on any atom is 0.126 e. The Morgan fingerprint density at radius 1 is 1.31 bits per heavy atom. The van der Waals surface area contributed by atoms with Crippen molar-refractivity contribution >= 4 is 0 Å². The second kappa shape index (κ2) is 4.38. The molecule has 1 rings (SSSR count). The first-order valence-electron chi connectivity index (χ1n) is 4.53. The van der Waals surface area contributed by atoms with Crippen LogP contribution in [-0.2, 0) is 0 Å². The van der Waals surface area contributed by atoms with Crippen LogP contribution in [0.1, 0.15) is 31.7 Å². The number of aliphatic hydroxyl groups excluding tert-OH is 1. The molecule has 0 radical (unpaired) electrons. The molecule has 1 N–H and O–H groups in total. The lowest BCUT2D eigenvalue weighted by Gasteiger charge is -2.14. The van der Waals surface area contributed by atoms with E-state index in [1.165, 1.54) is 6.07 Å². The number of halogens is 1. The van der Waals surface area contributed by atoms with E-state index >= 15 is 0 Å². The SMILES string of the molecule is CC(O)CC(C)c1ccccc1F. The Morgan fingerprint density at radius 3 is 2.46 bits per heavy atom. The number of hydrogen-bond acceptors (Lipinski definition) is 1. The predicted molar refractivity (Wildman–Crippen MR) is 51.1 cm³/mol. The summed E-state index contributed by atoms with van der Waals surface area (Å²) in [7, 11) is 0. The van der Waals surface area contributed by atoms with Crippen LogP contribution in [0.3, 0.4) is 0 Å². The van der Waals surface area contributed by atoms with E-state index in [9.17, 15) is 4.39 Å². The summed E-state index contributed by atoms with van der Waals surface area (Å²) < 4.78 is 13.2. The molecule has 0 bridgehead atoms. The minimum absolute atomic E-state index is 0.0706. The van der Waals surface area contributed by atoms with Crippen LogP contribution in [0.25, 0.3) is 0 Å². The molecule has 72 valence electrons. The monoisotopic (exact) mass is 182 g/mol. The zero-order valence-corrected chi connectivity index (χ0v) is 8.00. The van der Waals surface area contributed by atoms with Gasteiger partial charge in [0.15, 0.2) is 0 Å². The quantitative estimate of drug-likeness (QED) is 0.762. The van der Waals surface area contributed by atoms with Gasteiger partial charge in [-0.2, -0.15) is 0 Å². The molecule has 0 fully saturated rings. The number of aliphatic hydroxyl groups is 1. The average Bonchev–Trinajstić information content (AvgIpc) is 2.03. The van der Waals surface area contributed by atoms with Crippen molar-refractivity contribution in [1.82, 2.24) is 0 Å². The van der Waals surface area contributed by atoms with Crippen molar-refractivity contribution in [2.75, 3.05) is 0 Å². The van der Waals surface area contributed by atoms with Crippen LogP contribution in [0.4, 0.5) is 4.39 Å². The molecule has 13 heavy (non-hydrogen) atoms. The van der Waals surface area contributed by atoms with Gasteiger partial charge in [0.25, 0.3) is 0 Å². The van der Waals surface area contributed by atoms with Crippen LogP contribution in [0.5, 0.6) is 0 Å². The van der Waals surface area contributed by atoms with E-state index in [2.05, 4.69) is 0 Å². The molecule has 0 saturated heterocycles. The third-order valence-corrected chi connectivity index (χ3v) is 2.13. The van der Waals surface area contributed by atoms with Crippen molar-refractivity contribution in [3.8, 4) is 0 Å². The molecule has 0 aliphatic rings. The van der Waals surface area contributed by atoms with Crippen molar-refractivity contribution in [2.24, 2.45) is 0 Å². The van der Waals surface area contributed by atoms with Gasteiger partial charge in [0, 0.05) is 0 Å². The number of hydrogen-bond donors (Lipinski definition) is 1. The first kappa shape index (κ1) is 10.2. The van der Waals surface area contributed by atoms with Crippen LogP contribution < -0.4 is 0 Å². The topological polar surface area (TPSA) is 20.2 Å². The van der Waals surface area contributed by atoms with Crippen molar-refractivity contribution in [2.45, 2.75) is 32.3 Å². The maximum atomic E-state index is 13.2. The van der Waals surface area contributed by atoms with Crippen molar-refractivity contribution < 1.29 is 9.50 Å². The Kier molecular flexibility index (Phi) is 3.43. The molecule has 0 spiro atoms. The molecular weight excluding hydrogens is 167 g/mol. The molecule has 0 heterocycles. The lowest BCUT2D eigenvalue weighted by atomic mass is 9.95. The minimum atomic E-state index is -0.380. The first-order valence-corrected chi connectivity index (χ1v) is 4.53. The summed E-state index contributed by atoms with van der Waals surface area (Å²) in [6.07, 6.45) is 0.218. The fourth-order valence-corrected chi connectivity index (χ4v) is 1.51. The van der Waals surface area contributed by atoms with Crippen LogP contribution in [0, 0.1) is 5.82 Å². The number of rotatable bonds is 3. The molecule has 0 aliphatic carbocycles. The molecule has 0 aromatic heterocycles. The largest absolute Gasteiger partial charge is 0.393 e. The van der Waals surface area contributed by atoms with Gasteiger partial charge < -0.3 is 5.11 Å². The third kappa shape index (κ3) is 2.81. The third-order valence-electron chi connectivity index (χ3n) is 2.13. The predicted octanol–water partition coefficient (Wildman–Crippen LogP) is 2.70. The van der Waals surface area contributed by atoms with E-state index in [1.807, 2.05) is 13.0 Å². The van der Waals surface area contributed by atoms with Crippen LogP contribution in [0.2, 0.25) is 0 Å². The van der Waals surface area contributed by atoms with E-state index in [0.29, 0.717) is 12.0 Å². The molecule has 1 aromatic rings. The van der Waals surface area contributed by atoms with Gasteiger partial charge in [0.2, 0.25) is 0 Å².